The Hall–Kier alpha value is -1.85. The molecular weight excluding hydrogens is 256 g/mol. The van der Waals surface area contributed by atoms with Gasteiger partial charge < -0.3 is 10.2 Å². The molecule has 0 saturated heterocycles. The predicted octanol–water partition coefficient (Wildman–Crippen LogP) is 3.19. The van der Waals surface area contributed by atoms with E-state index >= 15 is 0 Å². The van der Waals surface area contributed by atoms with E-state index in [2.05, 4.69) is 22.1 Å². The van der Waals surface area contributed by atoms with E-state index in [-0.39, 0.29) is 10.6 Å². The lowest BCUT2D eigenvalue weighted by Crippen LogP contribution is -2.28. The molecule has 1 saturated carbocycles. The van der Waals surface area contributed by atoms with Gasteiger partial charge >= 0.3 is 0 Å². The van der Waals surface area contributed by atoms with Crippen molar-refractivity contribution in [1.82, 2.24) is 4.98 Å². The Morgan fingerprint density at radius 3 is 2.75 bits per heavy atom. The highest BCUT2D eigenvalue weighted by Crippen LogP contribution is 2.33. The summed E-state index contributed by atoms with van der Waals surface area (Å²) in [5.74, 6) is 1.31. The van der Waals surface area contributed by atoms with Gasteiger partial charge in [-0.25, -0.2) is 4.98 Å². The summed E-state index contributed by atoms with van der Waals surface area (Å²) in [6, 6.07) is 3.60. The van der Waals surface area contributed by atoms with Crippen LogP contribution in [0.4, 0.5) is 17.3 Å². The Morgan fingerprint density at radius 2 is 2.20 bits per heavy atom. The highest BCUT2D eigenvalue weighted by atomic mass is 16.6. The Bertz CT molecular complexity index is 474. The molecule has 1 aliphatic carbocycles. The first-order chi connectivity index (χ1) is 9.65. The summed E-state index contributed by atoms with van der Waals surface area (Å²) >= 11 is 0. The number of nitrogens with zero attached hydrogens (tertiary/aromatic N) is 3. The van der Waals surface area contributed by atoms with E-state index < -0.39 is 0 Å². The second-order valence-corrected chi connectivity index (χ2v) is 5.13. The summed E-state index contributed by atoms with van der Waals surface area (Å²) in [6.07, 6.45) is 4.50. The van der Waals surface area contributed by atoms with Crippen molar-refractivity contribution in [3.8, 4) is 0 Å². The topological polar surface area (TPSA) is 71.3 Å². The zero-order valence-electron chi connectivity index (χ0n) is 12.1. The van der Waals surface area contributed by atoms with E-state index in [4.69, 9.17) is 0 Å². The molecule has 1 aromatic rings. The second-order valence-electron chi connectivity index (χ2n) is 5.13. The molecule has 6 heteroatoms. The van der Waals surface area contributed by atoms with Gasteiger partial charge in [0.2, 0.25) is 0 Å². The summed E-state index contributed by atoms with van der Waals surface area (Å²) in [6.45, 7) is 5.72. The molecular formula is C14H22N4O2. The molecule has 1 aliphatic rings. The molecule has 0 atom stereocenters. The first-order valence-electron chi connectivity index (χ1n) is 7.32. The quantitative estimate of drug-likeness (QED) is 0.584. The lowest BCUT2D eigenvalue weighted by molar-refractivity contribution is -0.384. The molecule has 0 amide bonds. The molecule has 6 nitrogen and oxygen atoms in total. The van der Waals surface area contributed by atoms with Crippen molar-refractivity contribution < 1.29 is 4.92 Å². The Labute approximate surface area is 119 Å². The summed E-state index contributed by atoms with van der Waals surface area (Å²) in [5.41, 5.74) is 0.105. The van der Waals surface area contributed by atoms with Gasteiger partial charge in [-0.05, 0) is 26.2 Å². The number of nitrogens with one attached hydrogen (secondary N) is 1. The molecule has 0 radical (unpaired) electrons. The molecule has 0 aromatic carbocycles. The normalized spacial score (nSPS) is 14.1. The molecule has 2 rings (SSSR count). The summed E-state index contributed by atoms with van der Waals surface area (Å²) in [4.78, 5) is 17.5. The van der Waals surface area contributed by atoms with Crippen LogP contribution >= 0.6 is 0 Å². The van der Waals surface area contributed by atoms with Gasteiger partial charge in [0.15, 0.2) is 0 Å². The Kier molecular flexibility index (Phi) is 4.76. The second kappa shape index (κ2) is 6.54. The van der Waals surface area contributed by atoms with Crippen LogP contribution in [-0.4, -0.2) is 29.0 Å². The van der Waals surface area contributed by atoms with Gasteiger partial charge in [0, 0.05) is 19.1 Å². The molecule has 0 aliphatic heterocycles. The average molecular weight is 278 g/mol. The number of rotatable bonds is 8. The maximum atomic E-state index is 11.1. The molecule has 110 valence electrons. The third-order valence-corrected chi connectivity index (χ3v) is 3.40. The van der Waals surface area contributed by atoms with E-state index in [9.17, 15) is 10.1 Å². The van der Waals surface area contributed by atoms with Crippen LogP contribution in [-0.2, 0) is 0 Å². The van der Waals surface area contributed by atoms with Gasteiger partial charge in [0.1, 0.15) is 11.6 Å². The van der Waals surface area contributed by atoms with Crippen LogP contribution < -0.4 is 10.2 Å². The molecule has 1 aromatic heterocycles. The smallest absolute Gasteiger partial charge is 0.276 e. The van der Waals surface area contributed by atoms with E-state index in [1.165, 1.54) is 6.07 Å². The number of nitro groups is 1. The van der Waals surface area contributed by atoms with Crippen molar-refractivity contribution in [1.29, 1.82) is 0 Å². The monoisotopic (exact) mass is 278 g/mol. The average Bonchev–Trinajstić information content (AvgIpc) is 3.24. The van der Waals surface area contributed by atoms with E-state index in [0.717, 1.165) is 38.0 Å². The molecule has 1 fully saturated rings. The molecule has 0 unspecified atom stereocenters. The van der Waals surface area contributed by atoms with Gasteiger partial charge in [-0.2, -0.15) is 0 Å². The lowest BCUT2D eigenvalue weighted by Gasteiger charge is -2.23. The highest BCUT2D eigenvalue weighted by Gasteiger charge is 2.30. The minimum absolute atomic E-state index is 0.105. The van der Waals surface area contributed by atoms with E-state index in [1.807, 2.05) is 6.92 Å². The Balaban J connectivity index is 2.28. The fourth-order valence-electron chi connectivity index (χ4n) is 2.23. The molecule has 1 heterocycles. The van der Waals surface area contributed by atoms with Crippen LogP contribution in [0.1, 0.15) is 39.5 Å². The summed E-state index contributed by atoms with van der Waals surface area (Å²) < 4.78 is 0. The van der Waals surface area contributed by atoms with Crippen molar-refractivity contribution in [2.75, 3.05) is 23.3 Å². The van der Waals surface area contributed by atoms with Gasteiger partial charge in [0.25, 0.3) is 5.69 Å². The predicted molar refractivity (Wildman–Crippen MR) is 80.3 cm³/mol. The van der Waals surface area contributed by atoms with Crippen LogP contribution in [0.5, 0.6) is 0 Å². The standard InChI is InChI=1S/C14H22N4O2/c1-3-5-8-17(11-6-7-11)14-10-12(18(19)20)9-13(16-14)15-4-2/h9-11H,3-8H2,1-2H3,(H,15,16). The Morgan fingerprint density at radius 1 is 1.45 bits per heavy atom. The maximum Gasteiger partial charge on any atom is 0.276 e. The highest BCUT2D eigenvalue weighted by molar-refractivity contribution is 5.56. The summed E-state index contributed by atoms with van der Waals surface area (Å²) in [5, 5.41) is 14.1. The van der Waals surface area contributed by atoms with Crippen LogP contribution in [0, 0.1) is 10.1 Å². The van der Waals surface area contributed by atoms with Crippen molar-refractivity contribution >= 4 is 17.3 Å². The first-order valence-corrected chi connectivity index (χ1v) is 7.32. The van der Waals surface area contributed by atoms with Crippen LogP contribution in [0.3, 0.4) is 0 Å². The van der Waals surface area contributed by atoms with Gasteiger partial charge in [-0.1, -0.05) is 13.3 Å². The molecule has 20 heavy (non-hydrogen) atoms. The maximum absolute atomic E-state index is 11.1. The summed E-state index contributed by atoms with van der Waals surface area (Å²) in [7, 11) is 0. The zero-order valence-corrected chi connectivity index (χ0v) is 12.1. The van der Waals surface area contributed by atoms with Crippen LogP contribution in [0.2, 0.25) is 0 Å². The largest absolute Gasteiger partial charge is 0.370 e. The first kappa shape index (κ1) is 14.6. The number of aromatic nitrogens is 1. The zero-order chi connectivity index (χ0) is 14.5. The molecule has 0 spiro atoms. The third kappa shape index (κ3) is 3.59. The van der Waals surface area contributed by atoms with Crippen molar-refractivity contribution in [2.45, 2.75) is 45.6 Å². The van der Waals surface area contributed by atoms with Crippen molar-refractivity contribution in [3.63, 3.8) is 0 Å². The van der Waals surface area contributed by atoms with Crippen molar-refractivity contribution in [2.24, 2.45) is 0 Å². The van der Waals surface area contributed by atoms with Crippen molar-refractivity contribution in [3.05, 3.63) is 22.2 Å². The van der Waals surface area contributed by atoms with Gasteiger partial charge in [-0.15, -0.1) is 0 Å². The minimum Gasteiger partial charge on any atom is -0.370 e. The molecule has 1 N–H and O–H groups in total. The van der Waals surface area contributed by atoms with E-state index in [0.29, 0.717) is 18.4 Å². The third-order valence-electron chi connectivity index (χ3n) is 3.40. The van der Waals surface area contributed by atoms with Gasteiger partial charge in [-0.3, -0.25) is 10.1 Å². The number of hydrogen-bond donors (Lipinski definition) is 1. The lowest BCUT2D eigenvalue weighted by atomic mass is 10.3. The van der Waals surface area contributed by atoms with Crippen LogP contribution in [0.15, 0.2) is 12.1 Å². The fraction of sp³-hybridized carbons (Fsp3) is 0.643. The van der Waals surface area contributed by atoms with Gasteiger partial charge in [0.05, 0.1) is 17.1 Å². The molecule has 0 bridgehead atoms. The SMILES string of the molecule is CCCCN(c1cc([N+](=O)[O-])cc(NCC)n1)C1CC1. The fourth-order valence-corrected chi connectivity index (χ4v) is 2.23. The number of unbranched alkanes of at least 4 members (excludes halogenated alkanes) is 1. The number of anilines is 2. The number of hydrogen-bond acceptors (Lipinski definition) is 5. The van der Waals surface area contributed by atoms with Crippen LogP contribution in [0.25, 0.3) is 0 Å². The number of pyridine rings is 1. The van der Waals surface area contributed by atoms with E-state index in [1.54, 1.807) is 6.07 Å². The minimum atomic E-state index is -0.350.